The number of thioether (sulfide) groups is 1. The van der Waals surface area contributed by atoms with Gasteiger partial charge in [0.1, 0.15) is 0 Å². The minimum atomic E-state index is -2.48. The van der Waals surface area contributed by atoms with E-state index in [1.807, 2.05) is 0 Å². The van der Waals surface area contributed by atoms with Crippen LogP contribution in [-0.4, -0.2) is 30.3 Å². The molecule has 0 bridgehead atoms. The highest BCUT2D eigenvalue weighted by molar-refractivity contribution is 7.99. The topological polar surface area (TPSA) is 67.4 Å². The normalized spacial score (nSPS) is 14.0. The van der Waals surface area contributed by atoms with Gasteiger partial charge in [0.25, 0.3) is 11.7 Å². The van der Waals surface area contributed by atoms with E-state index in [0.29, 0.717) is 28.0 Å². The number of nitrogens with one attached hydrogen (secondary N) is 2. The molecule has 8 heteroatoms. The summed E-state index contributed by atoms with van der Waals surface area (Å²) in [4.78, 5) is 24.9. The molecule has 0 aromatic heterocycles. The number of anilines is 2. The highest BCUT2D eigenvalue weighted by atomic mass is 32.2. The molecule has 3 rings (SSSR count). The zero-order valence-corrected chi connectivity index (χ0v) is 16.5. The Labute approximate surface area is 172 Å². The van der Waals surface area contributed by atoms with Crippen LogP contribution < -0.4 is 10.6 Å². The zero-order valence-electron chi connectivity index (χ0n) is 15.7. The second kappa shape index (κ2) is 10.2. The van der Waals surface area contributed by atoms with E-state index in [-0.39, 0.29) is 24.1 Å². The van der Waals surface area contributed by atoms with E-state index >= 15 is 0 Å². The molecule has 1 saturated carbocycles. The standard InChI is InChI=1S/C21H22F2N2O3S/c22-21(23)29-16-11-9-15(10-12-16)24-18-8-4-3-7-17(18)20(27)28-13-19(26)25-14-5-1-2-6-14/h3-4,7-12,14,21,24H,1-2,5-6,13H2,(H,25,26). The van der Waals surface area contributed by atoms with Crippen LogP contribution in [0.1, 0.15) is 36.0 Å². The summed E-state index contributed by atoms with van der Waals surface area (Å²) in [6.07, 6.45) is 4.12. The molecule has 29 heavy (non-hydrogen) atoms. The van der Waals surface area contributed by atoms with Crippen LogP contribution in [-0.2, 0) is 9.53 Å². The second-order valence-corrected chi connectivity index (χ2v) is 7.76. The minimum absolute atomic E-state index is 0.168. The summed E-state index contributed by atoms with van der Waals surface area (Å²) in [5.41, 5.74) is 1.43. The van der Waals surface area contributed by atoms with Gasteiger partial charge in [0.05, 0.1) is 11.3 Å². The smallest absolute Gasteiger partial charge is 0.340 e. The third-order valence-electron chi connectivity index (χ3n) is 4.56. The molecule has 2 aromatic rings. The first-order chi connectivity index (χ1) is 14.0. The van der Waals surface area contributed by atoms with Gasteiger partial charge in [0.15, 0.2) is 6.61 Å². The van der Waals surface area contributed by atoms with Crippen molar-refractivity contribution in [2.45, 2.75) is 42.4 Å². The second-order valence-electron chi connectivity index (χ2n) is 6.70. The summed E-state index contributed by atoms with van der Waals surface area (Å²) in [5.74, 6) is -3.39. The van der Waals surface area contributed by atoms with E-state index in [4.69, 9.17) is 4.74 Å². The monoisotopic (exact) mass is 420 g/mol. The van der Waals surface area contributed by atoms with Gasteiger partial charge in [0.2, 0.25) is 0 Å². The zero-order chi connectivity index (χ0) is 20.6. The van der Waals surface area contributed by atoms with Crippen LogP contribution in [0.2, 0.25) is 0 Å². The van der Waals surface area contributed by atoms with Gasteiger partial charge in [-0.25, -0.2) is 4.79 Å². The van der Waals surface area contributed by atoms with Gasteiger partial charge in [-0.1, -0.05) is 36.7 Å². The number of carbonyl (C=O) groups is 2. The summed E-state index contributed by atoms with van der Waals surface area (Å²) in [7, 11) is 0. The Kier molecular flexibility index (Phi) is 7.46. The molecule has 0 aliphatic heterocycles. The molecular weight excluding hydrogens is 398 g/mol. The Hall–Kier alpha value is -2.61. The number of para-hydroxylation sites is 1. The van der Waals surface area contributed by atoms with E-state index in [0.717, 1.165) is 25.7 Å². The highest BCUT2D eigenvalue weighted by Gasteiger charge is 2.19. The average molecular weight is 420 g/mol. The molecule has 0 heterocycles. The Morgan fingerprint density at radius 3 is 2.45 bits per heavy atom. The van der Waals surface area contributed by atoms with Crippen molar-refractivity contribution < 1.29 is 23.1 Å². The van der Waals surface area contributed by atoms with E-state index in [9.17, 15) is 18.4 Å². The largest absolute Gasteiger partial charge is 0.452 e. The molecule has 2 aromatic carbocycles. The number of benzene rings is 2. The molecule has 1 aliphatic carbocycles. The van der Waals surface area contributed by atoms with Gasteiger partial charge in [0, 0.05) is 16.6 Å². The number of carbonyl (C=O) groups excluding carboxylic acids is 2. The Morgan fingerprint density at radius 1 is 1.07 bits per heavy atom. The van der Waals surface area contributed by atoms with Gasteiger partial charge in [-0.15, -0.1) is 0 Å². The van der Waals surface area contributed by atoms with Crippen LogP contribution in [0.5, 0.6) is 0 Å². The molecule has 5 nitrogen and oxygen atoms in total. The number of ether oxygens (including phenoxy) is 1. The lowest BCUT2D eigenvalue weighted by Crippen LogP contribution is -2.35. The quantitative estimate of drug-likeness (QED) is 0.467. The average Bonchev–Trinajstić information content (AvgIpc) is 3.20. The predicted molar refractivity (Wildman–Crippen MR) is 109 cm³/mol. The number of esters is 1. The Balaban J connectivity index is 1.59. The fourth-order valence-electron chi connectivity index (χ4n) is 3.19. The molecule has 0 radical (unpaired) electrons. The van der Waals surface area contributed by atoms with E-state index < -0.39 is 11.7 Å². The van der Waals surface area contributed by atoms with Gasteiger partial charge >= 0.3 is 5.97 Å². The van der Waals surface area contributed by atoms with Gasteiger partial charge in [-0.2, -0.15) is 8.78 Å². The maximum atomic E-state index is 12.4. The lowest BCUT2D eigenvalue weighted by atomic mass is 10.1. The van der Waals surface area contributed by atoms with Crippen LogP contribution in [0.25, 0.3) is 0 Å². The van der Waals surface area contributed by atoms with Crippen molar-refractivity contribution in [3.8, 4) is 0 Å². The first-order valence-corrected chi connectivity index (χ1v) is 10.3. The molecule has 0 unspecified atom stereocenters. The Morgan fingerprint density at radius 2 is 1.76 bits per heavy atom. The summed E-state index contributed by atoms with van der Waals surface area (Å²) >= 11 is 0.469. The van der Waals surface area contributed by atoms with Crippen molar-refractivity contribution >= 4 is 35.0 Å². The molecule has 0 saturated heterocycles. The maximum Gasteiger partial charge on any atom is 0.340 e. The number of alkyl halides is 2. The number of halogens is 2. The minimum Gasteiger partial charge on any atom is -0.452 e. The van der Waals surface area contributed by atoms with Crippen molar-refractivity contribution in [2.24, 2.45) is 0 Å². The fourth-order valence-corrected chi connectivity index (χ4v) is 3.69. The molecule has 0 spiro atoms. The summed E-state index contributed by atoms with van der Waals surface area (Å²) in [6, 6.07) is 13.4. The highest BCUT2D eigenvalue weighted by Crippen LogP contribution is 2.28. The van der Waals surface area contributed by atoms with Gasteiger partial charge < -0.3 is 15.4 Å². The summed E-state index contributed by atoms with van der Waals surface area (Å²) in [6.45, 7) is -0.330. The number of hydrogen-bond acceptors (Lipinski definition) is 5. The van der Waals surface area contributed by atoms with Crippen molar-refractivity contribution in [3.05, 3.63) is 54.1 Å². The first-order valence-electron chi connectivity index (χ1n) is 9.38. The van der Waals surface area contributed by atoms with Crippen LogP contribution in [0, 0.1) is 0 Å². The van der Waals surface area contributed by atoms with Crippen molar-refractivity contribution in [1.29, 1.82) is 0 Å². The van der Waals surface area contributed by atoms with Gasteiger partial charge in [-0.05, 0) is 49.2 Å². The SMILES string of the molecule is O=C(COC(=O)c1ccccc1Nc1ccc(SC(F)F)cc1)NC1CCCC1. The summed E-state index contributed by atoms with van der Waals surface area (Å²) < 4.78 is 30.0. The lowest BCUT2D eigenvalue weighted by Gasteiger charge is -2.14. The van der Waals surface area contributed by atoms with E-state index in [2.05, 4.69) is 10.6 Å². The molecule has 2 N–H and O–H groups in total. The van der Waals surface area contributed by atoms with Crippen molar-refractivity contribution in [2.75, 3.05) is 11.9 Å². The predicted octanol–water partition coefficient (Wildman–Crippen LogP) is 4.96. The Bertz CT molecular complexity index is 840. The lowest BCUT2D eigenvalue weighted by molar-refractivity contribution is -0.124. The third-order valence-corrected chi connectivity index (χ3v) is 5.28. The van der Waals surface area contributed by atoms with Gasteiger partial charge in [-0.3, -0.25) is 4.79 Å². The fraction of sp³-hybridized carbons (Fsp3) is 0.333. The van der Waals surface area contributed by atoms with E-state index in [1.54, 1.807) is 48.5 Å². The molecule has 154 valence electrons. The van der Waals surface area contributed by atoms with E-state index in [1.165, 1.54) is 0 Å². The molecule has 0 atom stereocenters. The maximum absolute atomic E-state index is 12.4. The van der Waals surface area contributed by atoms with Crippen LogP contribution in [0.4, 0.5) is 20.2 Å². The number of hydrogen-bond donors (Lipinski definition) is 2. The molecule has 1 amide bonds. The number of amides is 1. The van der Waals surface area contributed by atoms with Crippen LogP contribution in [0.3, 0.4) is 0 Å². The third kappa shape index (κ3) is 6.45. The molecule has 1 fully saturated rings. The number of rotatable bonds is 8. The van der Waals surface area contributed by atoms with Crippen molar-refractivity contribution in [3.63, 3.8) is 0 Å². The van der Waals surface area contributed by atoms with Crippen LogP contribution >= 0.6 is 11.8 Å². The summed E-state index contributed by atoms with van der Waals surface area (Å²) in [5, 5.41) is 5.95. The van der Waals surface area contributed by atoms with Crippen LogP contribution in [0.15, 0.2) is 53.4 Å². The molecular formula is C21H22F2N2O3S. The molecule has 1 aliphatic rings. The van der Waals surface area contributed by atoms with Crippen molar-refractivity contribution in [1.82, 2.24) is 5.32 Å². The first kappa shape index (κ1) is 21.1.